The number of aryl methyl sites for hydroxylation is 1. The summed E-state index contributed by atoms with van der Waals surface area (Å²) in [5.41, 5.74) is 2.16. The van der Waals surface area contributed by atoms with E-state index < -0.39 is 5.91 Å². The maximum absolute atomic E-state index is 12.5. The van der Waals surface area contributed by atoms with E-state index in [0.29, 0.717) is 24.7 Å². The van der Waals surface area contributed by atoms with Gasteiger partial charge in [-0.3, -0.25) is 9.59 Å². The molecule has 7 heteroatoms. The van der Waals surface area contributed by atoms with Crippen LogP contribution in [-0.4, -0.2) is 54.4 Å². The number of piperazine rings is 1. The minimum atomic E-state index is -0.408. The predicted octanol–water partition coefficient (Wildman–Crippen LogP) is 2.73. The number of benzene rings is 2. The number of anilines is 1. The minimum Gasteiger partial charge on any atom is -0.441 e. The Balaban J connectivity index is 1.30. The number of carbonyl (C=O) groups is 2. The molecule has 30 heavy (non-hydrogen) atoms. The zero-order chi connectivity index (χ0) is 20.9. The van der Waals surface area contributed by atoms with Crippen molar-refractivity contribution in [3.8, 4) is 11.5 Å². The smallest absolute Gasteiger partial charge is 0.273 e. The highest BCUT2D eigenvalue weighted by Crippen LogP contribution is 2.21. The van der Waals surface area contributed by atoms with Gasteiger partial charge in [0, 0.05) is 37.4 Å². The van der Waals surface area contributed by atoms with Crippen molar-refractivity contribution in [3.05, 3.63) is 72.1 Å². The van der Waals surface area contributed by atoms with Crippen molar-refractivity contribution < 1.29 is 14.0 Å². The normalized spacial score (nSPS) is 13.9. The van der Waals surface area contributed by atoms with Gasteiger partial charge in [0.25, 0.3) is 5.91 Å². The van der Waals surface area contributed by atoms with Crippen LogP contribution in [0.1, 0.15) is 16.2 Å². The highest BCUT2D eigenvalue weighted by Gasteiger charge is 2.23. The highest BCUT2D eigenvalue weighted by molar-refractivity contribution is 5.96. The lowest BCUT2D eigenvalue weighted by molar-refractivity contribution is -0.130. The number of carbonyl (C=O) groups excluding carboxylic acids is 2. The molecular weight excluding hydrogens is 380 g/mol. The summed E-state index contributed by atoms with van der Waals surface area (Å²) in [5, 5.41) is 2.68. The summed E-state index contributed by atoms with van der Waals surface area (Å²) in [6.07, 6.45) is 0. The van der Waals surface area contributed by atoms with Gasteiger partial charge in [0.15, 0.2) is 5.69 Å². The van der Waals surface area contributed by atoms with Crippen LogP contribution in [0.15, 0.2) is 65.1 Å². The van der Waals surface area contributed by atoms with Crippen LogP contribution >= 0.6 is 0 Å². The third-order valence-electron chi connectivity index (χ3n) is 5.19. The van der Waals surface area contributed by atoms with Crippen LogP contribution in [0.4, 0.5) is 5.69 Å². The lowest BCUT2D eigenvalue weighted by atomic mass is 10.2. The average Bonchev–Trinajstić information content (AvgIpc) is 3.20. The molecule has 0 aliphatic carbocycles. The summed E-state index contributed by atoms with van der Waals surface area (Å²) in [7, 11) is 0. The average molecular weight is 404 g/mol. The fourth-order valence-corrected chi connectivity index (χ4v) is 3.52. The van der Waals surface area contributed by atoms with Gasteiger partial charge < -0.3 is 19.5 Å². The van der Waals surface area contributed by atoms with E-state index in [-0.39, 0.29) is 18.1 Å². The summed E-state index contributed by atoms with van der Waals surface area (Å²) >= 11 is 0. The number of nitrogens with one attached hydrogen (secondary N) is 1. The van der Waals surface area contributed by atoms with Gasteiger partial charge in [0.1, 0.15) is 5.76 Å². The predicted molar refractivity (Wildman–Crippen MR) is 114 cm³/mol. The first-order valence-electron chi connectivity index (χ1n) is 10.0. The Hall–Kier alpha value is -3.61. The minimum absolute atomic E-state index is 0.0584. The molecule has 0 atom stereocenters. The summed E-state index contributed by atoms with van der Waals surface area (Å²) < 4.78 is 5.63. The number of oxazole rings is 1. The van der Waals surface area contributed by atoms with Gasteiger partial charge in [-0.2, -0.15) is 0 Å². The molecule has 0 saturated carbocycles. The van der Waals surface area contributed by atoms with E-state index in [4.69, 9.17) is 4.42 Å². The topological polar surface area (TPSA) is 78.7 Å². The van der Waals surface area contributed by atoms with Crippen molar-refractivity contribution in [2.24, 2.45) is 0 Å². The summed E-state index contributed by atoms with van der Waals surface area (Å²) in [6, 6.07) is 19.6. The van der Waals surface area contributed by atoms with Crippen molar-refractivity contribution >= 4 is 17.5 Å². The Kier molecular flexibility index (Phi) is 5.79. The van der Waals surface area contributed by atoms with Crippen LogP contribution in [0.25, 0.3) is 11.5 Å². The maximum Gasteiger partial charge on any atom is 0.273 e. The first-order chi connectivity index (χ1) is 14.6. The number of amides is 2. The Bertz CT molecular complexity index is 1010. The summed E-state index contributed by atoms with van der Waals surface area (Å²) in [5.74, 6) is 0.312. The second kappa shape index (κ2) is 8.82. The summed E-state index contributed by atoms with van der Waals surface area (Å²) in [4.78, 5) is 33.4. The van der Waals surface area contributed by atoms with E-state index in [2.05, 4.69) is 27.3 Å². The second-order valence-electron chi connectivity index (χ2n) is 7.18. The molecule has 0 spiro atoms. The number of rotatable bonds is 5. The van der Waals surface area contributed by atoms with Gasteiger partial charge in [-0.05, 0) is 31.2 Å². The Labute approximate surface area is 175 Å². The SMILES string of the molecule is Cc1oc(-c2ccccc2)nc1C(=O)NCC(=O)N1CCN(c2ccccc2)CC1. The third-order valence-corrected chi connectivity index (χ3v) is 5.19. The van der Waals surface area contributed by atoms with Crippen molar-refractivity contribution in [1.82, 2.24) is 15.2 Å². The summed E-state index contributed by atoms with van der Waals surface area (Å²) in [6.45, 7) is 4.44. The Morgan fingerprint density at radius 2 is 1.60 bits per heavy atom. The van der Waals surface area contributed by atoms with E-state index in [0.717, 1.165) is 24.3 Å². The van der Waals surface area contributed by atoms with Crippen LogP contribution in [0.3, 0.4) is 0 Å². The fraction of sp³-hybridized carbons (Fsp3) is 0.261. The standard InChI is InChI=1S/C23H24N4O3/c1-17-21(25-23(30-17)18-8-4-2-5-9-18)22(29)24-16-20(28)27-14-12-26(13-15-27)19-10-6-3-7-11-19/h2-11H,12-16H2,1H3,(H,24,29). The zero-order valence-electron chi connectivity index (χ0n) is 16.9. The Morgan fingerprint density at radius 1 is 0.967 bits per heavy atom. The van der Waals surface area contributed by atoms with Crippen LogP contribution in [-0.2, 0) is 4.79 Å². The molecule has 7 nitrogen and oxygen atoms in total. The van der Waals surface area contributed by atoms with Crippen molar-refractivity contribution in [2.45, 2.75) is 6.92 Å². The molecule has 1 aromatic heterocycles. The van der Waals surface area contributed by atoms with E-state index in [9.17, 15) is 9.59 Å². The number of aromatic nitrogens is 1. The van der Waals surface area contributed by atoms with Crippen molar-refractivity contribution in [2.75, 3.05) is 37.6 Å². The number of hydrogen-bond acceptors (Lipinski definition) is 5. The van der Waals surface area contributed by atoms with E-state index in [1.54, 1.807) is 11.8 Å². The van der Waals surface area contributed by atoms with E-state index in [1.165, 1.54) is 0 Å². The molecule has 1 saturated heterocycles. The van der Waals surface area contributed by atoms with Gasteiger partial charge in [-0.1, -0.05) is 36.4 Å². The largest absolute Gasteiger partial charge is 0.441 e. The van der Waals surface area contributed by atoms with Gasteiger partial charge >= 0.3 is 0 Å². The fourth-order valence-electron chi connectivity index (χ4n) is 3.52. The molecule has 1 N–H and O–H groups in total. The van der Waals surface area contributed by atoms with Crippen LogP contribution in [0.5, 0.6) is 0 Å². The van der Waals surface area contributed by atoms with Gasteiger partial charge in [-0.15, -0.1) is 0 Å². The molecule has 1 aliphatic rings. The molecule has 3 aromatic rings. The first-order valence-corrected chi connectivity index (χ1v) is 10.0. The van der Waals surface area contributed by atoms with Gasteiger partial charge in [0.05, 0.1) is 6.54 Å². The quantitative estimate of drug-likeness (QED) is 0.707. The third kappa shape index (κ3) is 4.35. The highest BCUT2D eigenvalue weighted by atomic mass is 16.4. The molecule has 154 valence electrons. The molecule has 1 fully saturated rings. The molecule has 0 unspecified atom stereocenters. The molecular formula is C23H24N4O3. The maximum atomic E-state index is 12.5. The van der Waals surface area contributed by atoms with Crippen LogP contribution in [0.2, 0.25) is 0 Å². The molecule has 0 radical (unpaired) electrons. The second-order valence-corrected chi connectivity index (χ2v) is 7.18. The first kappa shape index (κ1) is 19.7. The molecule has 0 bridgehead atoms. The Morgan fingerprint density at radius 3 is 2.27 bits per heavy atom. The molecule has 4 rings (SSSR count). The molecule has 2 aromatic carbocycles. The van der Waals surface area contributed by atoms with Crippen LogP contribution < -0.4 is 10.2 Å². The molecule has 2 heterocycles. The number of hydrogen-bond donors (Lipinski definition) is 1. The lowest BCUT2D eigenvalue weighted by Gasteiger charge is -2.36. The van der Waals surface area contributed by atoms with E-state index >= 15 is 0 Å². The number of nitrogens with zero attached hydrogens (tertiary/aromatic N) is 3. The number of para-hydroxylation sites is 1. The molecule has 1 aliphatic heterocycles. The zero-order valence-corrected chi connectivity index (χ0v) is 16.9. The van der Waals surface area contributed by atoms with Gasteiger partial charge in [-0.25, -0.2) is 4.98 Å². The van der Waals surface area contributed by atoms with Crippen molar-refractivity contribution in [3.63, 3.8) is 0 Å². The lowest BCUT2D eigenvalue weighted by Crippen LogP contribution is -2.51. The van der Waals surface area contributed by atoms with Gasteiger partial charge in [0.2, 0.25) is 11.8 Å². The van der Waals surface area contributed by atoms with E-state index in [1.807, 2.05) is 48.5 Å². The van der Waals surface area contributed by atoms with Crippen LogP contribution in [0, 0.1) is 6.92 Å². The molecule has 2 amide bonds. The van der Waals surface area contributed by atoms with Crippen molar-refractivity contribution in [1.29, 1.82) is 0 Å². The monoisotopic (exact) mass is 404 g/mol.